The lowest BCUT2D eigenvalue weighted by Gasteiger charge is -2.37. The number of hydrogen-bond acceptors (Lipinski definition) is 4. The molecule has 110 valence electrons. The SMILES string of the molecule is CN1CCC(N(CCO)C(=O)c2ncccc2Br)CC1. The highest BCUT2D eigenvalue weighted by Gasteiger charge is 2.28. The van der Waals surface area contributed by atoms with Crippen LogP contribution in [-0.2, 0) is 0 Å². The van der Waals surface area contributed by atoms with Crippen LogP contribution in [0.4, 0.5) is 0 Å². The molecule has 1 saturated heterocycles. The maximum Gasteiger partial charge on any atom is 0.273 e. The fourth-order valence-electron chi connectivity index (χ4n) is 2.54. The van der Waals surface area contributed by atoms with Crippen LogP contribution < -0.4 is 0 Å². The fourth-order valence-corrected chi connectivity index (χ4v) is 2.97. The average Bonchev–Trinajstić information content (AvgIpc) is 2.46. The molecule has 0 aromatic carbocycles. The smallest absolute Gasteiger partial charge is 0.273 e. The van der Waals surface area contributed by atoms with E-state index < -0.39 is 0 Å². The number of nitrogens with zero attached hydrogens (tertiary/aromatic N) is 3. The first-order valence-electron chi connectivity index (χ1n) is 6.84. The number of aliphatic hydroxyl groups excluding tert-OH is 1. The lowest BCUT2D eigenvalue weighted by atomic mass is 10.0. The monoisotopic (exact) mass is 341 g/mol. The summed E-state index contributed by atoms with van der Waals surface area (Å²) in [5.41, 5.74) is 0.417. The summed E-state index contributed by atoms with van der Waals surface area (Å²) in [5, 5.41) is 9.25. The summed E-state index contributed by atoms with van der Waals surface area (Å²) in [5.74, 6) is -0.110. The Kier molecular flexibility index (Phi) is 5.51. The molecule has 0 saturated carbocycles. The Bertz CT molecular complexity index is 461. The number of amides is 1. The number of aliphatic hydroxyl groups is 1. The van der Waals surface area contributed by atoms with Crippen molar-refractivity contribution < 1.29 is 9.90 Å². The number of hydrogen-bond donors (Lipinski definition) is 1. The number of aromatic nitrogens is 1. The molecule has 0 unspecified atom stereocenters. The van der Waals surface area contributed by atoms with Gasteiger partial charge in [0, 0.05) is 23.3 Å². The van der Waals surface area contributed by atoms with Crippen LogP contribution in [-0.4, -0.2) is 65.1 Å². The van der Waals surface area contributed by atoms with Gasteiger partial charge in [0.25, 0.3) is 5.91 Å². The molecule has 0 bridgehead atoms. The summed E-state index contributed by atoms with van der Waals surface area (Å²) in [7, 11) is 2.09. The van der Waals surface area contributed by atoms with E-state index >= 15 is 0 Å². The first-order chi connectivity index (χ1) is 9.63. The van der Waals surface area contributed by atoms with Crippen molar-refractivity contribution in [1.82, 2.24) is 14.8 Å². The van der Waals surface area contributed by atoms with Crippen LogP contribution in [0.15, 0.2) is 22.8 Å². The van der Waals surface area contributed by atoms with Crippen molar-refractivity contribution in [1.29, 1.82) is 0 Å². The normalized spacial score (nSPS) is 17.1. The van der Waals surface area contributed by atoms with E-state index in [2.05, 4.69) is 32.9 Å². The van der Waals surface area contributed by atoms with Gasteiger partial charge < -0.3 is 14.9 Å². The van der Waals surface area contributed by atoms with Gasteiger partial charge in [-0.25, -0.2) is 4.98 Å². The minimum atomic E-state index is -0.110. The first kappa shape index (κ1) is 15.4. The Balaban J connectivity index is 2.16. The van der Waals surface area contributed by atoms with Gasteiger partial charge >= 0.3 is 0 Å². The number of piperidine rings is 1. The highest BCUT2D eigenvalue weighted by atomic mass is 79.9. The fraction of sp³-hybridized carbons (Fsp3) is 0.571. The third-order valence-corrected chi connectivity index (χ3v) is 4.33. The second-order valence-corrected chi connectivity index (χ2v) is 5.94. The molecule has 5 nitrogen and oxygen atoms in total. The van der Waals surface area contributed by atoms with E-state index in [9.17, 15) is 9.90 Å². The minimum Gasteiger partial charge on any atom is -0.395 e. The number of carbonyl (C=O) groups is 1. The molecule has 1 aromatic heterocycles. The molecule has 1 N–H and O–H groups in total. The minimum absolute atomic E-state index is 0.0253. The Morgan fingerprint density at radius 3 is 2.85 bits per heavy atom. The quantitative estimate of drug-likeness (QED) is 0.898. The topological polar surface area (TPSA) is 56.7 Å². The molecule has 1 aliphatic heterocycles. The molecular formula is C14H20BrN3O2. The second-order valence-electron chi connectivity index (χ2n) is 5.09. The van der Waals surface area contributed by atoms with Crippen molar-refractivity contribution in [2.75, 3.05) is 33.3 Å². The van der Waals surface area contributed by atoms with E-state index in [1.807, 2.05) is 6.07 Å². The third kappa shape index (κ3) is 3.56. The van der Waals surface area contributed by atoms with Gasteiger partial charge in [0.2, 0.25) is 0 Å². The van der Waals surface area contributed by atoms with Gasteiger partial charge in [0.05, 0.1) is 6.61 Å². The summed E-state index contributed by atoms with van der Waals surface area (Å²) in [6.45, 7) is 2.28. The van der Waals surface area contributed by atoms with E-state index in [4.69, 9.17) is 0 Å². The maximum absolute atomic E-state index is 12.6. The maximum atomic E-state index is 12.6. The molecular weight excluding hydrogens is 322 g/mol. The van der Waals surface area contributed by atoms with Crippen LogP contribution in [0.3, 0.4) is 0 Å². The second kappa shape index (κ2) is 7.15. The Morgan fingerprint density at radius 2 is 2.25 bits per heavy atom. The highest BCUT2D eigenvalue weighted by Crippen LogP contribution is 2.21. The van der Waals surface area contributed by atoms with E-state index in [1.54, 1.807) is 17.2 Å². The van der Waals surface area contributed by atoms with Gasteiger partial charge in [-0.2, -0.15) is 0 Å². The lowest BCUT2D eigenvalue weighted by molar-refractivity contribution is 0.0533. The van der Waals surface area contributed by atoms with Crippen molar-refractivity contribution in [3.63, 3.8) is 0 Å². The molecule has 2 rings (SSSR count). The van der Waals surface area contributed by atoms with Crippen LogP contribution in [0.2, 0.25) is 0 Å². The van der Waals surface area contributed by atoms with Crippen LogP contribution in [0.5, 0.6) is 0 Å². The van der Waals surface area contributed by atoms with Crippen molar-refractivity contribution in [2.45, 2.75) is 18.9 Å². The summed E-state index contributed by atoms with van der Waals surface area (Å²) < 4.78 is 0.695. The predicted octanol–water partition coefficient (Wildman–Crippen LogP) is 1.37. The number of likely N-dealkylation sites (tertiary alicyclic amines) is 1. The Morgan fingerprint density at radius 1 is 1.55 bits per heavy atom. The van der Waals surface area contributed by atoms with E-state index in [0.717, 1.165) is 25.9 Å². The number of pyridine rings is 1. The first-order valence-corrected chi connectivity index (χ1v) is 7.63. The Hall–Kier alpha value is -0.980. The molecule has 20 heavy (non-hydrogen) atoms. The number of carbonyl (C=O) groups excluding carboxylic acids is 1. The van der Waals surface area contributed by atoms with Crippen molar-refractivity contribution in [3.05, 3.63) is 28.5 Å². The van der Waals surface area contributed by atoms with Crippen LogP contribution in [0.1, 0.15) is 23.3 Å². The largest absolute Gasteiger partial charge is 0.395 e. The van der Waals surface area contributed by atoms with Gasteiger partial charge in [-0.1, -0.05) is 0 Å². The zero-order valence-corrected chi connectivity index (χ0v) is 13.2. The third-order valence-electron chi connectivity index (χ3n) is 3.69. The van der Waals surface area contributed by atoms with Crippen LogP contribution in [0, 0.1) is 0 Å². The standard InChI is InChI=1S/C14H20BrN3O2/c1-17-7-4-11(5-8-17)18(9-10-19)14(20)13-12(15)3-2-6-16-13/h2-3,6,11,19H,4-5,7-10H2,1H3. The molecule has 0 aliphatic carbocycles. The van der Waals surface area contributed by atoms with E-state index in [1.165, 1.54) is 0 Å². The average molecular weight is 342 g/mol. The van der Waals surface area contributed by atoms with E-state index in [0.29, 0.717) is 16.7 Å². The molecule has 1 aliphatic rings. The van der Waals surface area contributed by atoms with E-state index in [-0.39, 0.29) is 18.6 Å². The molecule has 1 amide bonds. The van der Waals surface area contributed by atoms with Gasteiger partial charge in [-0.3, -0.25) is 4.79 Å². The van der Waals surface area contributed by atoms with Gasteiger partial charge in [0.15, 0.2) is 0 Å². The predicted molar refractivity (Wildman–Crippen MR) is 80.6 cm³/mol. The number of rotatable bonds is 4. The van der Waals surface area contributed by atoms with Crippen LogP contribution in [0.25, 0.3) is 0 Å². The van der Waals surface area contributed by atoms with Crippen LogP contribution >= 0.6 is 15.9 Å². The molecule has 0 atom stereocenters. The highest BCUT2D eigenvalue weighted by molar-refractivity contribution is 9.10. The van der Waals surface area contributed by atoms with Crippen molar-refractivity contribution in [2.24, 2.45) is 0 Å². The van der Waals surface area contributed by atoms with Crippen molar-refractivity contribution >= 4 is 21.8 Å². The summed E-state index contributed by atoms with van der Waals surface area (Å²) in [6, 6.07) is 3.78. The molecule has 1 aromatic rings. The van der Waals surface area contributed by atoms with Gasteiger partial charge in [0.1, 0.15) is 5.69 Å². The number of halogens is 1. The summed E-state index contributed by atoms with van der Waals surface area (Å²) in [4.78, 5) is 20.8. The molecule has 6 heteroatoms. The zero-order chi connectivity index (χ0) is 14.5. The van der Waals surface area contributed by atoms with Gasteiger partial charge in [-0.05, 0) is 61.0 Å². The summed E-state index contributed by atoms with van der Waals surface area (Å²) >= 11 is 3.37. The lowest BCUT2D eigenvalue weighted by Crippen LogP contribution is -2.47. The molecule has 0 spiro atoms. The van der Waals surface area contributed by atoms with Gasteiger partial charge in [-0.15, -0.1) is 0 Å². The Labute approximate surface area is 127 Å². The zero-order valence-electron chi connectivity index (χ0n) is 11.6. The molecule has 0 radical (unpaired) electrons. The summed E-state index contributed by atoms with van der Waals surface area (Å²) in [6.07, 6.45) is 3.49. The molecule has 2 heterocycles. The molecule has 1 fully saturated rings. The van der Waals surface area contributed by atoms with Crippen molar-refractivity contribution in [3.8, 4) is 0 Å².